The maximum Gasteiger partial charge on any atom is 0.220 e. The molecule has 0 fully saturated rings. The molecular formula is C21H25NO3. The van der Waals surface area contributed by atoms with E-state index in [2.05, 4.69) is 17.4 Å². The molecule has 1 amide bonds. The van der Waals surface area contributed by atoms with E-state index < -0.39 is 0 Å². The van der Waals surface area contributed by atoms with Gasteiger partial charge in [-0.2, -0.15) is 0 Å². The Morgan fingerprint density at radius 3 is 2.88 bits per heavy atom. The molecule has 0 aliphatic carbocycles. The molecule has 0 aromatic heterocycles. The molecule has 2 aromatic rings. The molecule has 0 unspecified atom stereocenters. The van der Waals surface area contributed by atoms with Gasteiger partial charge in [0.05, 0.1) is 13.7 Å². The molecule has 1 N–H and O–H groups in total. The summed E-state index contributed by atoms with van der Waals surface area (Å²) < 4.78 is 11.0. The quantitative estimate of drug-likeness (QED) is 0.841. The van der Waals surface area contributed by atoms with Gasteiger partial charge in [0, 0.05) is 24.9 Å². The highest BCUT2D eigenvalue weighted by Gasteiger charge is 2.20. The normalized spacial score (nSPS) is 15.8. The lowest BCUT2D eigenvalue weighted by Crippen LogP contribution is -2.34. The van der Waals surface area contributed by atoms with Crippen LogP contribution in [0, 0.1) is 5.92 Å². The van der Waals surface area contributed by atoms with Crippen molar-refractivity contribution in [3.05, 3.63) is 59.7 Å². The van der Waals surface area contributed by atoms with Crippen LogP contribution < -0.4 is 14.8 Å². The molecule has 1 heterocycles. The van der Waals surface area contributed by atoms with Gasteiger partial charge >= 0.3 is 0 Å². The van der Waals surface area contributed by atoms with Crippen LogP contribution >= 0.6 is 0 Å². The number of amides is 1. The van der Waals surface area contributed by atoms with E-state index in [1.54, 1.807) is 7.11 Å². The zero-order valence-electron chi connectivity index (χ0n) is 14.7. The average Bonchev–Trinajstić information content (AvgIpc) is 2.66. The Morgan fingerprint density at radius 1 is 1.24 bits per heavy atom. The van der Waals surface area contributed by atoms with Crippen LogP contribution in [0.15, 0.2) is 48.5 Å². The molecule has 0 bridgehead atoms. The van der Waals surface area contributed by atoms with Gasteiger partial charge in [-0.05, 0) is 36.5 Å². The first-order valence-corrected chi connectivity index (χ1v) is 8.85. The van der Waals surface area contributed by atoms with Crippen LogP contribution in [0.1, 0.15) is 24.0 Å². The van der Waals surface area contributed by atoms with Crippen molar-refractivity contribution in [2.75, 3.05) is 20.3 Å². The lowest BCUT2D eigenvalue weighted by Gasteiger charge is -2.25. The summed E-state index contributed by atoms with van der Waals surface area (Å²) >= 11 is 0. The van der Waals surface area contributed by atoms with Crippen LogP contribution in [-0.2, 0) is 17.6 Å². The lowest BCUT2D eigenvalue weighted by atomic mass is 9.96. The summed E-state index contributed by atoms with van der Waals surface area (Å²) in [5.41, 5.74) is 2.46. The fraction of sp³-hybridized carbons (Fsp3) is 0.381. The molecule has 2 aromatic carbocycles. The number of benzene rings is 2. The summed E-state index contributed by atoms with van der Waals surface area (Å²) in [6, 6.07) is 16.2. The van der Waals surface area contributed by atoms with Crippen molar-refractivity contribution in [1.29, 1.82) is 0 Å². The summed E-state index contributed by atoms with van der Waals surface area (Å²) in [6.07, 6.45) is 3.30. The van der Waals surface area contributed by atoms with Gasteiger partial charge in [-0.3, -0.25) is 4.79 Å². The van der Waals surface area contributed by atoms with E-state index in [0.29, 0.717) is 25.5 Å². The molecule has 0 spiro atoms. The smallest absolute Gasteiger partial charge is 0.220 e. The fourth-order valence-electron chi connectivity index (χ4n) is 3.12. The SMILES string of the molecule is COc1ccc2c(c1)OC[C@@H](CNC(=O)CCCc1ccccc1)C2. The highest BCUT2D eigenvalue weighted by atomic mass is 16.5. The second kappa shape index (κ2) is 8.56. The van der Waals surface area contributed by atoms with Gasteiger partial charge in [0.1, 0.15) is 11.5 Å². The second-order valence-corrected chi connectivity index (χ2v) is 6.50. The Balaban J connectivity index is 1.39. The van der Waals surface area contributed by atoms with E-state index in [-0.39, 0.29) is 5.91 Å². The van der Waals surface area contributed by atoms with Crippen molar-refractivity contribution in [2.45, 2.75) is 25.7 Å². The molecular weight excluding hydrogens is 314 g/mol. The Bertz CT molecular complexity index is 700. The van der Waals surface area contributed by atoms with Gasteiger partial charge < -0.3 is 14.8 Å². The maximum atomic E-state index is 12.0. The minimum absolute atomic E-state index is 0.122. The summed E-state index contributed by atoms with van der Waals surface area (Å²) in [5.74, 6) is 2.14. The molecule has 25 heavy (non-hydrogen) atoms. The van der Waals surface area contributed by atoms with Gasteiger partial charge in [0.15, 0.2) is 0 Å². The lowest BCUT2D eigenvalue weighted by molar-refractivity contribution is -0.121. The number of carbonyl (C=O) groups excluding carboxylic acids is 1. The van der Waals surface area contributed by atoms with Crippen LogP contribution in [-0.4, -0.2) is 26.2 Å². The molecule has 4 heteroatoms. The third kappa shape index (κ3) is 4.99. The van der Waals surface area contributed by atoms with Crippen molar-refractivity contribution in [3.8, 4) is 11.5 Å². The number of nitrogens with one attached hydrogen (secondary N) is 1. The molecule has 1 aliphatic rings. The molecule has 0 radical (unpaired) electrons. The number of methoxy groups -OCH3 is 1. The number of rotatable bonds is 7. The van der Waals surface area contributed by atoms with Gasteiger partial charge in [-0.1, -0.05) is 36.4 Å². The third-order valence-corrected chi connectivity index (χ3v) is 4.56. The van der Waals surface area contributed by atoms with E-state index >= 15 is 0 Å². The molecule has 1 atom stereocenters. The number of ether oxygens (including phenoxy) is 2. The van der Waals surface area contributed by atoms with E-state index in [4.69, 9.17) is 9.47 Å². The first-order valence-electron chi connectivity index (χ1n) is 8.85. The van der Waals surface area contributed by atoms with Crippen molar-refractivity contribution in [2.24, 2.45) is 5.92 Å². The predicted molar refractivity (Wildman–Crippen MR) is 98.1 cm³/mol. The molecule has 1 aliphatic heterocycles. The average molecular weight is 339 g/mol. The Labute approximate surface area is 149 Å². The van der Waals surface area contributed by atoms with Crippen LogP contribution in [0.4, 0.5) is 0 Å². The van der Waals surface area contributed by atoms with Crippen LogP contribution in [0.3, 0.4) is 0 Å². The van der Waals surface area contributed by atoms with Crippen LogP contribution in [0.5, 0.6) is 11.5 Å². The van der Waals surface area contributed by atoms with Crippen molar-refractivity contribution < 1.29 is 14.3 Å². The second-order valence-electron chi connectivity index (χ2n) is 6.50. The highest BCUT2D eigenvalue weighted by Crippen LogP contribution is 2.30. The summed E-state index contributed by atoms with van der Waals surface area (Å²) in [5, 5.41) is 3.05. The van der Waals surface area contributed by atoms with Crippen molar-refractivity contribution >= 4 is 5.91 Å². The number of hydrogen-bond donors (Lipinski definition) is 1. The number of aryl methyl sites for hydroxylation is 1. The monoisotopic (exact) mass is 339 g/mol. The topological polar surface area (TPSA) is 47.6 Å². The summed E-state index contributed by atoms with van der Waals surface area (Å²) in [7, 11) is 1.65. The molecule has 132 valence electrons. The standard InChI is InChI=1S/C21H25NO3/c1-24-19-11-10-18-12-17(15-25-20(18)13-19)14-22-21(23)9-5-8-16-6-3-2-4-7-16/h2-4,6-7,10-11,13,17H,5,8-9,12,14-15H2,1H3,(H,22,23)/t17-/m1/s1. The molecule has 0 saturated heterocycles. The van der Waals surface area contributed by atoms with Crippen LogP contribution in [0.2, 0.25) is 0 Å². The van der Waals surface area contributed by atoms with E-state index in [1.807, 2.05) is 36.4 Å². The summed E-state index contributed by atoms with van der Waals surface area (Å²) in [4.78, 5) is 12.0. The Kier molecular flexibility index (Phi) is 5.94. The summed E-state index contributed by atoms with van der Waals surface area (Å²) in [6.45, 7) is 1.29. The van der Waals surface area contributed by atoms with E-state index in [0.717, 1.165) is 30.8 Å². The molecule has 4 nitrogen and oxygen atoms in total. The van der Waals surface area contributed by atoms with Crippen LogP contribution in [0.25, 0.3) is 0 Å². The molecule has 3 rings (SSSR count). The van der Waals surface area contributed by atoms with E-state index in [9.17, 15) is 4.79 Å². The Morgan fingerprint density at radius 2 is 2.08 bits per heavy atom. The maximum absolute atomic E-state index is 12.0. The third-order valence-electron chi connectivity index (χ3n) is 4.56. The van der Waals surface area contributed by atoms with Gasteiger partial charge in [0.25, 0.3) is 0 Å². The minimum atomic E-state index is 0.122. The predicted octanol–water partition coefficient (Wildman–Crippen LogP) is 3.39. The minimum Gasteiger partial charge on any atom is -0.497 e. The first kappa shape index (κ1) is 17.3. The largest absolute Gasteiger partial charge is 0.497 e. The van der Waals surface area contributed by atoms with Gasteiger partial charge in [0.2, 0.25) is 5.91 Å². The zero-order chi connectivity index (χ0) is 17.5. The molecule has 0 saturated carbocycles. The Hall–Kier alpha value is -2.49. The van der Waals surface area contributed by atoms with Gasteiger partial charge in [-0.15, -0.1) is 0 Å². The van der Waals surface area contributed by atoms with Crippen molar-refractivity contribution in [3.63, 3.8) is 0 Å². The van der Waals surface area contributed by atoms with Gasteiger partial charge in [-0.25, -0.2) is 0 Å². The number of carbonyl (C=O) groups is 1. The van der Waals surface area contributed by atoms with E-state index in [1.165, 1.54) is 11.1 Å². The van der Waals surface area contributed by atoms with Crippen molar-refractivity contribution in [1.82, 2.24) is 5.32 Å². The number of fused-ring (bicyclic) bond motifs is 1. The number of hydrogen-bond acceptors (Lipinski definition) is 3. The first-order chi connectivity index (χ1) is 12.2. The zero-order valence-corrected chi connectivity index (χ0v) is 14.7. The highest BCUT2D eigenvalue weighted by molar-refractivity contribution is 5.75. The fourth-order valence-corrected chi connectivity index (χ4v) is 3.12.